The van der Waals surface area contributed by atoms with E-state index in [-0.39, 0.29) is 5.91 Å². The maximum Gasteiger partial charge on any atom is 0.220 e. The van der Waals surface area contributed by atoms with Crippen LogP contribution in [0.4, 0.5) is 0 Å². The van der Waals surface area contributed by atoms with Crippen LogP contribution in [0.25, 0.3) is 0 Å². The van der Waals surface area contributed by atoms with Gasteiger partial charge in [-0.25, -0.2) is 0 Å². The first-order chi connectivity index (χ1) is 9.78. The molecule has 1 aliphatic heterocycles. The maximum atomic E-state index is 11.1. The van der Waals surface area contributed by atoms with E-state index in [1.54, 1.807) is 7.11 Å². The normalized spacial score (nSPS) is 18.6. The Labute approximate surface area is 119 Å². The van der Waals surface area contributed by atoms with E-state index in [9.17, 15) is 4.79 Å². The van der Waals surface area contributed by atoms with Crippen LogP contribution in [0, 0.1) is 0 Å². The van der Waals surface area contributed by atoms with Crippen molar-refractivity contribution in [1.82, 2.24) is 10.6 Å². The number of nitrogens with one attached hydrogen (secondary N) is 2. The van der Waals surface area contributed by atoms with Crippen LogP contribution in [0.3, 0.4) is 0 Å². The Morgan fingerprint density at radius 2 is 2.10 bits per heavy atom. The Balaban J connectivity index is 1.72. The van der Waals surface area contributed by atoms with E-state index in [4.69, 9.17) is 9.47 Å². The summed E-state index contributed by atoms with van der Waals surface area (Å²) in [5.41, 5.74) is 1.21. The van der Waals surface area contributed by atoms with Crippen molar-refractivity contribution >= 4 is 5.91 Å². The zero-order chi connectivity index (χ0) is 14.2. The van der Waals surface area contributed by atoms with Gasteiger partial charge in [0.1, 0.15) is 12.4 Å². The Morgan fingerprint density at radius 1 is 1.30 bits per heavy atom. The molecule has 1 heterocycles. The Kier molecular flexibility index (Phi) is 5.83. The lowest BCUT2D eigenvalue weighted by Gasteiger charge is -2.23. The zero-order valence-electron chi connectivity index (χ0n) is 11.9. The molecule has 5 heteroatoms. The molecule has 0 aromatic heterocycles. The number of benzene rings is 1. The summed E-state index contributed by atoms with van der Waals surface area (Å²) in [5, 5.41) is 6.33. The molecule has 0 spiro atoms. The van der Waals surface area contributed by atoms with Crippen molar-refractivity contribution in [2.45, 2.75) is 25.4 Å². The average molecular weight is 278 g/mol. The van der Waals surface area contributed by atoms with Gasteiger partial charge in [0.05, 0.1) is 6.61 Å². The molecule has 1 amide bonds. The molecule has 110 valence electrons. The summed E-state index contributed by atoms with van der Waals surface area (Å²) in [7, 11) is 1.66. The first-order valence-corrected chi connectivity index (χ1v) is 6.98. The number of ether oxygens (including phenoxy) is 2. The quantitative estimate of drug-likeness (QED) is 0.733. The number of piperidine rings is 1. The number of methoxy groups -OCH3 is 1. The first kappa shape index (κ1) is 14.8. The molecule has 1 aliphatic rings. The molecule has 1 aromatic carbocycles. The van der Waals surface area contributed by atoms with Gasteiger partial charge in [0, 0.05) is 32.7 Å². The van der Waals surface area contributed by atoms with Gasteiger partial charge in [0.2, 0.25) is 5.91 Å². The Hall–Kier alpha value is -1.59. The van der Waals surface area contributed by atoms with Crippen molar-refractivity contribution in [1.29, 1.82) is 0 Å². The number of hydrogen-bond donors (Lipinski definition) is 2. The van der Waals surface area contributed by atoms with Crippen molar-refractivity contribution < 1.29 is 14.3 Å². The van der Waals surface area contributed by atoms with Crippen LogP contribution in [0.15, 0.2) is 24.3 Å². The predicted molar refractivity (Wildman–Crippen MR) is 76.7 cm³/mol. The molecule has 1 saturated heterocycles. The van der Waals surface area contributed by atoms with Crippen LogP contribution in [0.5, 0.6) is 5.75 Å². The summed E-state index contributed by atoms with van der Waals surface area (Å²) in [4.78, 5) is 11.1. The van der Waals surface area contributed by atoms with Crippen LogP contribution >= 0.6 is 0 Å². The van der Waals surface area contributed by atoms with E-state index in [1.807, 2.05) is 12.1 Å². The van der Waals surface area contributed by atoms with Gasteiger partial charge in [-0.05, 0) is 24.1 Å². The molecule has 1 fully saturated rings. The first-order valence-electron chi connectivity index (χ1n) is 6.98. The highest BCUT2D eigenvalue weighted by molar-refractivity contribution is 5.76. The molecule has 0 radical (unpaired) electrons. The van der Waals surface area contributed by atoms with Gasteiger partial charge in [-0.1, -0.05) is 12.1 Å². The van der Waals surface area contributed by atoms with E-state index in [0.717, 1.165) is 25.3 Å². The number of amides is 1. The topological polar surface area (TPSA) is 59.6 Å². The minimum atomic E-state index is 0.153. The highest BCUT2D eigenvalue weighted by atomic mass is 16.5. The second-order valence-corrected chi connectivity index (χ2v) is 4.91. The Bertz CT molecular complexity index is 410. The van der Waals surface area contributed by atoms with Crippen LogP contribution < -0.4 is 15.4 Å². The van der Waals surface area contributed by atoms with Crippen molar-refractivity contribution in [2.24, 2.45) is 0 Å². The van der Waals surface area contributed by atoms with Crippen LogP contribution in [0.2, 0.25) is 0 Å². The third-order valence-electron chi connectivity index (χ3n) is 3.34. The summed E-state index contributed by atoms with van der Waals surface area (Å²) in [5.74, 6) is 1.01. The maximum absolute atomic E-state index is 11.1. The highest BCUT2D eigenvalue weighted by Gasteiger charge is 2.16. The average Bonchev–Trinajstić information content (AvgIpc) is 2.48. The fourth-order valence-electron chi connectivity index (χ4n) is 2.12. The van der Waals surface area contributed by atoms with E-state index >= 15 is 0 Å². The van der Waals surface area contributed by atoms with Gasteiger partial charge in [-0.15, -0.1) is 0 Å². The van der Waals surface area contributed by atoms with E-state index in [0.29, 0.717) is 25.7 Å². The minimum absolute atomic E-state index is 0.153. The lowest BCUT2D eigenvalue weighted by Crippen LogP contribution is -2.45. The molecule has 0 aliphatic carbocycles. The van der Waals surface area contributed by atoms with Gasteiger partial charge < -0.3 is 20.1 Å². The van der Waals surface area contributed by atoms with Crippen molar-refractivity contribution in [2.75, 3.05) is 26.9 Å². The third-order valence-corrected chi connectivity index (χ3v) is 3.34. The molecular weight excluding hydrogens is 256 g/mol. The number of rotatable bonds is 7. The van der Waals surface area contributed by atoms with Gasteiger partial charge in [0.15, 0.2) is 0 Å². The predicted octanol–water partition coefficient (Wildman–Crippen LogP) is 1.08. The summed E-state index contributed by atoms with van der Waals surface area (Å²) in [6, 6.07) is 8.41. The summed E-state index contributed by atoms with van der Waals surface area (Å²) >= 11 is 0. The number of carbonyl (C=O) groups excluding carboxylic acids is 1. The molecule has 1 atom stereocenters. The van der Waals surface area contributed by atoms with E-state index in [1.165, 1.54) is 5.56 Å². The summed E-state index contributed by atoms with van der Waals surface area (Å²) < 4.78 is 10.5. The van der Waals surface area contributed by atoms with Gasteiger partial charge >= 0.3 is 0 Å². The van der Waals surface area contributed by atoms with E-state index in [2.05, 4.69) is 22.8 Å². The third kappa shape index (κ3) is 4.83. The molecule has 0 saturated carbocycles. The van der Waals surface area contributed by atoms with Crippen molar-refractivity contribution in [3.8, 4) is 5.75 Å². The van der Waals surface area contributed by atoms with Crippen LogP contribution in [0.1, 0.15) is 18.4 Å². The molecule has 0 bridgehead atoms. The minimum Gasteiger partial charge on any atom is -0.491 e. The van der Waals surface area contributed by atoms with Gasteiger partial charge in [-0.2, -0.15) is 0 Å². The summed E-state index contributed by atoms with van der Waals surface area (Å²) in [6.45, 7) is 2.68. The molecule has 1 aromatic rings. The SMILES string of the molecule is COCCOc1ccc(CN[C@H]2CCC(=O)NC2)cc1. The highest BCUT2D eigenvalue weighted by Crippen LogP contribution is 2.12. The van der Waals surface area contributed by atoms with E-state index < -0.39 is 0 Å². The molecular formula is C15H22N2O3. The number of hydrogen-bond acceptors (Lipinski definition) is 4. The number of carbonyl (C=O) groups is 1. The van der Waals surface area contributed by atoms with Crippen molar-refractivity contribution in [3.05, 3.63) is 29.8 Å². The second kappa shape index (κ2) is 7.87. The molecule has 5 nitrogen and oxygen atoms in total. The van der Waals surface area contributed by atoms with Gasteiger partial charge in [0.25, 0.3) is 0 Å². The lowest BCUT2D eigenvalue weighted by molar-refractivity contribution is -0.122. The summed E-state index contributed by atoms with van der Waals surface area (Å²) in [6.07, 6.45) is 1.52. The van der Waals surface area contributed by atoms with Crippen molar-refractivity contribution in [3.63, 3.8) is 0 Å². The van der Waals surface area contributed by atoms with Crippen LogP contribution in [-0.4, -0.2) is 38.8 Å². The molecule has 2 rings (SSSR count). The molecule has 2 N–H and O–H groups in total. The second-order valence-electron chi connectivity index (χ2n) is 4.91. The van der Waals surface area contributed by atoms with Gasteiger partial charge in [-0.3, -0.25) is 4.79 Å². The Morgan fingerprint density at radius 3 is 2.75 bits per heavy atom. The zero-order valence-corrected chi connectivity index (χ0v) is 11.9. The smallest absolute Gasteiger partial charge is 0.220 e. The fraction of sp³-hybridized carbons (Fsp3) is 0.533. The molecule has 20 heavy (non-hydrogen) atoms. The molecule has 0 unspecified atom stereocenters. The largest absolute Gasteiger partial charge is 0.491 e. The monoisotopic (exact) mass is 278 g/mol. The fourth-order valence-corrected chi connectivity index (χ4v) is 2.12. The van der Waals surface area contributed by atoms with Crippen LogP contribution in [-0.2, 0) is 16.1 Å². The lowest BCUT2D eigenvalue weighted by atomic mass is 10.1. The standard InChI is InChI=1S/C15H22N2O3/c1-19-8-9-20-14-5-2-12(3-6-14)10-16-13-4-7-15(18)17-11-13/h2-3,5-6,13,16H,4,7-11H2,1H3,(H,17,18)/t13-/m0/s1.